The molecule has 0 aromatic heterocycles. The summed E-state index contributed by atoms with van der Waals surface area (Å²) in [6.45, 7) is 7.54. The highest BCUT2D eigenvalue weighted by Crippen LogP contribution is 2.40. The van der Waals surface area contributed by atoms with Crippen LogP contribution in [0.2, 0.25) is 0 Å². The first kappa shape index (κ1) is 16.6. The van der Waals surface area contributed by atoms with E-state index >= 15 is 0 Å². The maximum atomic E-state index is 12.4. The number of nitriles is 1. The molecule has 1 aromatic carbocycles. The maximum Gasteiger partial charge on any atom is 0.338 e. The predicted octanol–water partition coefficient (Wildman–Crippen LogP) is 2.95. The lowest BCUT2D eigenvalue weighted by molar-refractivity contribution is -0.139. The van der Waals surface area contributed by atoms with Crippen LogP contribution in [0.1, 0.15) is 36.5 Å². The van der Waals surface area contributed by atoms with Crippen LogP contribution in [0.5, 0.6) is 0 Å². The number of carbonyl (C=O) groups excluding carboxylic acids is 1. The number of esters is 1. The van der Waals surface area contributed by atoms with Crippen LogP contribution in [0.25, 0.3) is 0 Å². The van der Waals surface area contributed by atoms with Gasteiger partial charge in [0.15, 0.2) is 0 Å². The SMILES string of the molecule is CCOC(=O)C1=C(C)OC(N)=C(C#N)C1c1cc(C)ccc1C. The fourth-order valence-electron chi connectivity index (χ4n) is 2.74. The second-order valence-corrected chi connectivity index (χ2v) is 5.48. The zero-order chi connectivity index (χ0) is 17.1. The lowest BCUT2D eigenvalue weighted by Gasteiger charge is -2.28. The van der Waals surface area contributed by atoms with Gasteiger partial charge < -0.3 is 15.2 Å². The molecule has 0 spiro atoms. The van der Waals surface area contributed by atoms with Crippen LogP contribution in [0, 0.1) is 25.2 Å². The normalized spacial score (nSPS) is 17.6. The molecule has 0 amide bonds. The van der Waals surface area contributed by atoms with Gasteiger partial charge in [-0.2, -0.15) is 5.26 Å². The number of rotatable bonds is 3. The van der Waals surface area contributed by atoms with E-state index in [-0.39, 0.29) is 18.1 Å². The van der Waals surface area contributed by atoms with E-state index in [1.807, 2.05) is 32.0 Å². The number of aryl methyl sites for hydroxylation is 2. The second kappa shape index (κ2) is 6.57. The Labute approximate surface area is 136 Å². The first-order valence-electron chi connectivity index (χ1n) is 7.43. The molecule has 1 unspecified atom stereocenters. The molecule has 1 aromatic rings. The molecule has 5 nitrogen and oxygen atoms in total. The highest BCUT2D eigenvalue weighted by Gasteiger charge is 2.36. The molecule has 1 aliphatic heterocycles. The van der Waals surface area contributed by atoms with Gasteiger partial charge in [-0.25, -0.2) is 4.79 Å². The van der Waals surface area contributed by atoms with E-state index in [1.54, 1.807) is 13.8 Å². The Balaban J connectivity index is 2.69. The van der Waals surface area contributed by atoms with Gasteiger partial charge in [0, 0.05) is 0 Å². The Morgan fingerprint density at radius 1 is 1.39 bits per heavy atom. The molecule has 5 heteroatoms. The molecule has 0 saturated carbocycles. The van der Waals surface area contributed by atoms with E-state index in [0.29, 0.717) is 11.3 Å². The molecule has 120 valence electrons. The molecule has 0 aliphatic carbocycles. The van der Waals surface area contributed by atoms with E-state index in [9.17, 15) is 10.1 Å². The molecule has 23 heavy (non-hydrogen) atoms. The monoisotopic (exact) mass is 312 g/mol. The maximum absolute atomic E-state index is 12.4. The Morgan fingerprint density at radius 2 is 2.09 bits per heavy atom. The summed E-state index contributed by atoms with van der Waals surface area (Å²) in [6, 6.07) is 7.99. The summed E-state index contributed by atoms with van der Waals surface area (Å²) in [5.74, 6) is -0.668. The summed E-state index contributed by atoms with van der Waals surface area (Å²) in [5, 5.41) is 9.53. The Bertz CT molecular complexity index is 754. The standard InChI is InChI=1S/C18H20N2O3/c1-5-22-18(21)15-12(4)23-17(20)14(9-19)16(15)13-8-10(2)6-7-11(13)3/h6-8,16H,5,20H2,1-4H3. The lowest BCUT2D eigenvalue weighted by Crippen LogP contribution is -2.26. The summed E-state index contributed by atoms with van der Waals surface area (Å²) < 4.78 is 10.6. The van der Waals surface area contributed by atoms with Crippen molar-refractivity contribution >= 4 is 5.97 Å². The molecule has 1 atom stereocenters. The number of nitrogens with two attached hydrogens (primary N) is 1. The average Bonchev–Trinajstić information content (AvgIpc) is 2.49. The number of hydrogen-bond donors (Lipinski definition) is 1. The smallest absolute Gasteiger partial charge is 0.338 e. The van der Waals surface area contributed by atoms with Gasteiger partial charge in [0.05, 0.1) is 18.1 Å². The number of carbonyl (C=O) groups is 1. The minimum atomic E-state index is -0.576. The van der Waals surface area contributed by atoms with Gasteiger partial charge in [0.2, 0.25) is 5.88 Å². The van der Waals surface area contributed by atoms with Gasteiger partial charge >= 0.3 is 5.97 Å². The summed E-state index contributed by atoms with van der Waals surface area (Å²) >= 11 is 0. The molecule has 0 saturated heterocycles. The van der Waals surface area contributed by atoms with E-state index in [4.69, 9.17) is 15.2 Å². The fraction of sp³-hybridized carbons (Fsp3) is 0.333. The van der Waals surface area contributed by atoms with Crippen molar-refractivity contribution in [2.45, 2.75) is 33.6 Å². The number of hydrogen-bond acceptors (Lipinski definition) is 5. The molecule has 0 fully saturated rings. The van der Waals surface area contributed by atoms with Crippen molar-refractivity contribution < 1.29 is 14.3 Å². The van der Waals surface area contributed by atoms with Crippen molar-refractivity contribution in [3.63, 3.8) is 0 Å². The Kier molecular flexibility index (Phi) is 4.75. The van der Waals surface area contributed by atoms with Gasteiger partial charge in [-0.05, 0) is 38.8 Å². The molecule has 1 heterocycles. The molecule has 1 aliphatic rings. The number of nitrogens with zero attached hydrogens (tertiary/aromatic N) is 1. The molecule has 0 bridgehead atoms. The van der Waals surface area contributed by atoms with Gasteiger partial charge in [0.1, 0.15) is 17.4 Å². The minimum Gasteiger partial charge on any atom is -0.463 e. The van der Waals surface area contributed by atoms with Crippen LogP contribution in [-0.2, 0) is 14.3 Å². The summed E-state index contributed by atoms with van der Waals surface area (Å²) in [4.78, 5) is 12.4. The van der Waals surface area contributed by atoms with E-state index in [0.717, 1.165) is 16.7 Å². The van der Waals surface area contributed by atoms with Crippen molar-refractivity contribution in [1.29, 1.82) is 5.26 Å². The topological polar surface area (TPSA) is 85.3 Å². The number of allylic oxidation sites excluding steroid dienone is 2. The van der Waals surface area contributed by atoms with Crippen molar-refractivity contribution in [3.8, 4) is 6.07 Å². The predicted molar refractivity (Wildman–Crippen MR) is 85.9 cm³/mol. The highest BCUT2D eigenvalue weighted by molar-refractivity contribution is 5.92. The Morgan fingerprint density at radius 3 is 2.70 bits per heavy atom. The largest absolute Gasteiger partial charge is 0.463 e. The zero-order valence-electron chi connectivity index (χ0n) is 13.8. The van der Waals surface area contributed by atoms with Gasteiger partial charge in [-0.15, -0.1) is 0 Å². The third-order valence-corrected chi connectivity index (χ3v) is 3.85. The van der Waals surface area contributed by atoms with Gasteiger partial charge in [-0.3, -0.25) is 0 Å². The van der Waals surface area contributed by atoms with Crippen molar-refractivity contribution in [2.75, 3.05) is 6.61 Å². The van der Waals surface area contributed by atoms with Crippen LogP contribution in [0.3, 0.4) is 0 Å². The summed E-state index contributed by atoms with van der Waals surface area (Å²) in [5.41, 5.74) is 9.30. The lowest BCUT2D eigenvalue weighted by atomic mass is 9.80. The van der Waals surface area contributed by atoms with Gasteiger partial charge in [0.25, 0.3) is 0 Å². The summed E-state index contributed by atoms with van der Waals surface area (Å²) in [6.07, 6.45) is 0. The summed E-state index contributed by atoms with van der Waals surface area (Å²) in [7, 11) is 0. The van der Waals surface area contributed by atoms with Crippen molar-refractivity contribution in [3.05, 3.63) is 57.7 Å². The van der Waals surface area contributed by atoms with Crippen LogP contribution in [0.4, 0.5) is 0 Å². The first-order valence-corrected chi connectivity index (χ1v) is 7.43. The molecule has 0 radical (unpaired) electrons. The van der Waals surface area contributed by atoms with Crippen molar-refractivity contribution in [1.82, 2.24) is 0 Å². The first-order chi connectivity index (χ1) is 10.9. The highest BCUT2D eigenvalue weighted by atomic mass is 16.5. The quantitative estimate of drug-likeness (QED) is 0.867. The minimum absolute atomic E-state index is 0.0314. The number of ether oxygens (including phenoxy) is 2. The zero-order valence-corrected chi connectivity index (χ0v) is 13.8. The van der Waals surface area contributed by atoms with Crippen molar-refractivity contribution in [2.24, 2.45) is 5.73 Å². The van der Waals surface area contributed by atoms with E-state index < -0.39 is 11.9 Å². The second-order valence-electron chi connectivity index (χ2n) is 5.48. The molecule has 2 N–H and O–H groups in total. The van der Waals surface area contributed by atoms with Crippen LogP contribution in [0.15, 0.2) is 41.0 Å². The molecular formula is C18H20N2O3. The number of benzene rings is 1. The van der Waals surface area contributed by atoms with E-state index in [1.165, 1.54) is 0 Å². The fourth-order valence-corrected chi connectivity index (χ4v) is 2.74. The van der Waals surface area contributed by atoms with Crippen LogP contribution in [-0.4, -0.2) is 12.6 Å². The molecular weight excluding hydrogens is 292 g/mol. The average molecular weight is 312 g/mol. The third kappa shape index (κ3) is 3.07. The Hall–Kier alpha value is -2.74. The molecule has 2 rings (SSSR count). The third-order valence-electron chi connectivity index (χ3n) is 3.85. The van der Waals surface area contributed by atoms with Crippen LogP contribution >= 0.6 is 0 Å². The van der Waals surface area contributed by atoms with Crippen LogP contribution < -0.4 is 5.73 Å². The van der Waals surface area contributed by atoms with Gasteiger partial charge in [-0.1, -0.05) is 23.8 Å². The van der Waals surface area contributed by atoms with E-state index in [2.05, 4.69) is 6.07 Å².